The lowest BCUT2D eigenvalue weighted by molar-refractivity contribution is -0.239. The molecule has 0 radical (unpaired) electrons. The Labute approximate surface area is 173 Å². The topological polar surface area (TPSA) is 40.5 Å². The van der Waals surface area contributed by atoms with Crippen LogP contribution in [0.15, 0.2) is 24.3 Å². The highest BCUT2D eigenvalue weighted by molar-refractivity contribution is 5.40. The molecule has 0 heterocycles. The largest absolute Gasteiger partial charge is 0.505 e. The predicted molar refractivity (Wildman–Crippen MR) is 96.8 cm³/mol. The average Bonchev–Trinajstić information content (AvgIpc) is 2.74. The lowest BCUT2D eigenvalue weighted by atomic mass is 9.48. The Kier molecular flexibility index (Phi) is 4.94. The Morgan fingerprint density at radius 2 is 1.32 bits per heavy atom. The molecular formula is C22H19F7O2. The number of aryl methyl sites for hydroxylation is 1. The quantitative estimate of drug-likeness (QED) is 0.558. The highest BCUT2D eigenvalue weighted by Gasteiger charge is 2.72. The van der Waals surface area contributed by atoms with E-state index in [2.05, 4.69) is 0 Å². The van der Waals surface area contributed by atoms with Gasteiger partial charge in [0.15, 0.2) is 29.3 Å². The fourth-order valence-corrected chi connectivity index (χ4v) is 5.28. The number of hydrogen-bond donors (Lipinski definition) is 2. The number of hydrogen-bond acceptors (Lipinski definition) is 2. The molecule has 2 aromatic rings. The normalized spacial score (nSPS) is 29.3. The molecule has 31 heavy (non-hydrogen) atoms. The van der Waals surface area contributed by atoms with Gasteiger partial charge in [0.1, 0.15) is 0 Å². The summed E-state index contributed by atoms with van der Waals surface area (Å²) in [6.07, 6.45) is -3.94. The summed E-state index contributed by atoms with van der Waals surface area (Å²) in [5.74, 6) is -12.0. The molecule has 0 aliphatic heterocycles. The SMILES string of the molecule is Oc1ccc(CCC23CCC(c4ccc(O)c(F)c4F)(CC2)C(F)(F)C3F)c(F)c1F. The van der Waals surface area contributed by atoms with Crippen molar-refractivity contribution in [1.82, 2.24) is 0 Å². The van der Waals surface area contributed by atoms with Crippen molar-refractivity contribution in [3.8, 4) is 11.5 Å². The third-order valence-electron chi connectivity index (χ3n) is 7.20. The van der Waals surface area contributed by atoms with Crippen molar-refractivity contribution in [3.63, 3.8) is 0 Å². The zero-order valence-electron chi connectivity index (χ0n) is 16.2. The van der Waals surface area contributed by atoms with Crippen LogP contribution in [0, 0.1) is 28.7 Å². The maximum Gasteiger partial charge on any atom is 0.288 e. The number of rotatable bonds is 4. The van der Waals surface area contributed by atoms with Crippen molar-refractivity contribution < 1.29 is 40.9 Å². The minimum absolute atomic E-state index is 0.0755. The van der Waals surface area contributed by atoms with Crippen molar-refractivity contribution >= 4 is 0 Å². The van der Waals surface area contributed by atoms with Gasteiger partial charge in [0.2, 0.25) is 11.6 Å². The summed E-state index contributed by atoms with van der Waals surface area (Å²) < 4.78 is 102. The van der Waals surface area contributed by atoms with Crippen molar-refractivity contribution in [2.75, 3.05) is 0 Å². The van der Waals surface area contributed by atoms with Gasteiger partial charge in [0.25, 0.3) is 5.92 Å². The summed E-state index contributed by atoms with van der Waals surface area (Å²) in [4.78, 5) is 0. The summed E-state index contributed by atoms with van der Waals surface area (Å²) in [5, 5.41) is 18.5. The van der Waals surface area contributed by atoms with Crippen molar-refractivity contribution in [3.05, 3.63) is 58.7 Å². The van der Waals surface area contributed by atoms with Gasteiger partial charge in [-0.2, -0.15) is 8.78 Å². The Balaban J connectivity index is 1.65. The fraction of sp³-hybridized carbons (Fsp3) is 0.455. The second-order valence-corrected chi connectivity index (χ2v) is 8.56. The van der Waals surface area contributed by atoms with E-state index in [1.165, 1.54) is 0 Å². The zero-order valence-corrected chi connectivity index (χ0v) is 16.2. The molecule has 9 heteroatoms. The first-order chi connectivity index (χ1) is 14.5. The Bertz CT molecular complexity index is 1030. The van der Waals surface area contributed by atoms with Gasteiger partial charge < -0.3 is 10.2 Å². The average molecular weight is 448 g/mol. The molecule has 3 aliphatic rings. The monoisotopic (exact) mass is 448 g/mol. The molecule has 0 aromatic heterocycles. The smallest absolute Gasteiger partial charge is 0.288 e. The van der Waals surface area contributed by atoms with Gasteiger partial charge in [0.05, 0.1) is 5.41 Å². The van der Waals surface area contributed by atoms with E-state index in [0.717, 1.165) is 24.3 Å². The summed E-state index contributed by atoms with van der Waals surface area (Å²) in [7, 11) is 0. The van der Waals surface area contributed by atoms with E-state index in [4.69, 9.17) is 0 Å². The van der Waals surface area contributed by atoms with E-state index in [1.807, 2.05) is 0 Å². The fourth-order valence-electron chi connectivity index (χ4n) is 5.28. The maximum atomic E-state index is 15.3. The molecule has 0 spiro atoms. The van der Waals surface area contributed by atoms with E-state index < -0.39 is 63.3 Å². The Hall–Kier alpha value is -2.45. The number of benzene rings is 2. The number of halogens is 7. The first-order valence-corrected chi connectivity index (χ1v) is 9.82. The maximum absolute atomic E-state index is 15.3. The van der Waals surface area contributed by atoms with E-state index >= 15 is 13.2 Å². The number of aromatic hydroxyl groups is 2. The van der Waals surface area contributed by atoms with Gasteiger partial charge in [-0.1, -0.05) is 12.1 Å². The van der Waals surface area contributed by atoms with Crippen molar-refractivity contribution in [2.45, 2.75) is 56.0 Å². The minimum Gasteiger partial charge on any atom is -0.505 e. The molecule has 3 saturated carbocycles. The van der Waals surface area contributed by atoms with Gasteiger partial charge in [-0.15, -0.1) is 0 Å². The lowest BCUT2D eigenvalue weighted by Crippen LogP contribution is -2.66. The summed E-state index contributed by atoms with van der Waals surface area (Å²) >= 11 is 0. The third kappa shape index (κ3) is 2.91. The van der Waals surface area contributed by atoms with Crippen LogP contribution >= 0.6 is 0 Å². The number of phenols is 2. The van der Waals surface area contributed by atoms with Crippen LogP contribution in [0.25, 0.3) is 0 Å². The van der Waals surface area contributed by atoms with Crippen LogP contribution in [-0.4, -0.2) is 22.3 Å². The van der Waals surface area contributed by atoms with Crippen LogP contribution < -0.4 is 0 Å². The molecule has 0 amide bonds. The van der Waals surface area contributed by atoms with E-state index in [9.17, 15) is 27.8 Å². The van der Waals surface area contributed by atoms with Gasteiger partial charge in [-0.05, 0) is 56.2 Å². The first kappa shape index (κ1) is 21.8. The van der Waals surface area contributed by atoms with Gasteiger partial charge in [-0.3, -0.25) is 0 Å². The minimum atomic E-state index is -4.04. The Morgan fingerprint density at radius 1 is 0.774 bits per heavy atom. The van der Waals surface area contributed by atoms with Crippen LogP contribution in [0.4, 0.5) is 30.7 Å². The summed E-state index contributed by atoms with van der Waals surface area (Å²) in [6, 6.07) is 3.67. The molecular weight excluding hydrogens is 429 g/mol. The van der Waals surface area contributed by atoms with Crippen LogP contribution in [-0.2, 0) is 11.8 Å². The van der Waals surface area contributed by atoms with Crippen LogP contribution in [0.2, 0.25) is 0 Å². The predicted octanol–water partition coefficient (Wildman–Crippen LogP) is 6.07. The molecule has 1 unspecified atom stereocenters. The second-order valence-electron chi connectivity index (χ2n) is 8.56. The molecule has 5 rings (SSSR count). The van der Waals surface area contributed by atoms with E-state index in [1.54, 1.807) is 0 Å². The summed E-state index contributed by atoms with van der Waals surface area (Å²) in [6.45, 7) is 0. The molecule has 0 saturated heterocycles. The third-order valence-corrected chi connectivity index (χ3v) is 7.20. The van der Waals surface area contributed by atoms with Gasteiger partial charge >= 0.3 is 0 Å². The highest BCUT2D eigenvalue weighted by Crippen LogP contribution is 2.67. The molecule has 168 valence electrons. The van der Waals surface area contributed by atoms with Crippen LogP contribution in [0.5, 0.6) is 11.5 Å². The molecule has 2 bridgehead atoms. The molecule has 2 nitrogen and oxygen atoms in total. The standard InChI is InChI=1S/C22H19F7O2/c23-15-11(1-3-13(30)17(15)25)5-6-20-7-9-21(10-8-20,22(28,29)19(20)27)12-2-4-14(31)18(26)16(12)24/h1-4,19,30-31H,5-10H2. The highest BCUT2D eigenvalue weighted by atomic mass is 19.3. The van der Waals surface area contributed by atoms with Gasteiger partial charge in [0, 0.05) is 11.0 Å². The van der Waals surface area contributed by atoms with Gasteiger partial charge in [-0.25, -0.2) is 22.0 Å². The first-order valence-electron chi connectivity index (χ1n) is 9.82. The second kappa shape index (κ2) is 7.03. The van der Waals surface area contributed by atoms with E-state index in [0.29, 0.717) is 0 Å². The number of fused-ring (bicyclic) bond motifs is 3. The molecule has 3 fully saturated rings. The van der Waals surface area contributed by atoms with Crippen LogP contribution in [0.1, 0.15) is 43.2 Å². The summed E-state index contributed by atoms with van der Waals surface area (Å²) in [5.41, 5.74) is -4.63. The molecule has 3 aliphatic carbocycles. The van der Waals surface area contributed by atoms with Crippen LogP contribution in [0.3, 0.4) is 0 Å². The zero-order chi connectivity index (χ0) is 22.8. The lowest BCUT2D eigenvalue weighted by Gasteiger charge is -2.59. The molecule has 1 atom stereocenters. The van der Waals surface area contributed by atoms with E-state index in [-0.39, 0.29) is 44.1 Å². The van der Waals surface area contributed by atoms with Crippen molar-refractivity contribution in [2.24, 2.45) is 5.41 Å². The molecule has 2 N–H and O–H groups in total. The van der Waals surface area contributed by atoms with Crippen molar-refractivity contribution in [1.29, 1.82) is 0 Å². The Morgan fingerprint density at radius 3 is 1.94 bits per heavy atom. The number of phenolic OH excluding ortho intramolecular Hbond substituents is 2. The number of alkyl halides is 3. The molecule has 2 aromatic carbocycles.